The molecule has 3 rings (SSSR count). The number of benzene rings is 1. The number of hydrogen-bond donors (Lipinski definition) is 1. The van der Waals surface area contributed by atoms with Crippen LogP contribution < -0.4 is 15.7 Å². The molecule has 1 N–H and O–H groups in total. The van der Waals surface area contributed by atoms with Crippen LogP contribution in [0.15, 0.2) is 21.3 Å². The first-order valence-corrected chi connectivity index (χ1v) is 9.56. The van der Waals surface area contributed by atoms with Crippen molar-refractivity contribution in [3.63, 3.8) is 0 Å². The minimum Gasteiger partial charge on any atom is -0.483 e. The largest absolute Gasteiger partial charge is 0.483 e. The quantitative estimate of drug-likeness (QED) is 0.569. The third-order valence-electron chi connectivity index (χ3n) is 4.63. The fraction of sp³-hybridized carbons (Fsp3) is 0.524. The van der Waals surface area contributed by atoms with Gasteiger partial charge in [0.25, 0.3) is 5.91 Å². The molecule has 1 aliphatic rings. The van der Waals surface area contributed by atoms with Gasteiger partial charge in [-0.3, -0.25) is 4.79 Å². The van der Waals surface area contributed by atoms with E-state index in [1.54, 1.807) is 0 Å². The van der Waals surface area contributed by atoms with Crippen molar-refractivity contribution in [1.29, 1.82) is 0 Å². The first-order valence-electron chi connectivity index (χ1n) is 9.56. The van der Waals surface area contributed by atoms with Gasteiger partial charge in [-0.25, -0.2) is 4.79 Å². The van der Waals surface area contributed by atoms with Crippen LogP contribution in [0.25, 0.3) is 11.0 Å². The Morgan fingerprint density at radius 2 is 2.04 bits per heavy atom. The van der Waals surface area contributed by atoms with Crippen molar-refractivity contribution in [2.45, 2.75) is 52.6 Å². The van der Waals surface area contributed by atoms with Crippen molar-refractivity contribution in [1.82, 2.24) is 5.32 Å². The summed E-state index contributed by atoms with van der Waals surface area (Å²) < 4.78 is 16.8. The van der Waals surface area contributed by atoms with Crippen LogP contribution in [0.1, 0.15) is 43.4 Å². The molecule has 6 heteroatoms. The SMILES string of the molecule is Cc1cc(OCC(=O)NCCCOC(C)C)c2c3c(c(=O)oc2c1)CCC3. The van der Waals surface area contributed by atoms with E-state index in [-0.39, 0.29) is 24.2 Å². The summed E-state index contributed by atoms with van der Waals surface area (Å²) in [4.78, 5) is 24.2. The highest BCUT2D eigenvalue weighted by atomic mass is 16.5. The Morgan fingerprint density at radius 3 is 2.81 bits per heavy atom. The highest BCUT2D eigenvalue weighted by molar-refractivity contribution is 5.89. The van der Waals surface area contributed by atoms with Crippen molar-refractivity contribution < 1.29 is 18.7 Å². The lowest BCUT2D eigenvalue weighted by Gasteiger charge is -2.13. The zero-order valence-corrected chi connectivity index (χ0v) is 16.2. The summed E-state index contributed by atoms with van der Waals surface area (Å²) in [7, 11) is 0. The monoisotopic (exact) mass is 373 g/mol. The van der Waals surface area contributed by atoms with Gasteiger partial charge in [-0.05, 0) is 69.7 Å². The maximum Gasteiger partial charge on any atom is 0.339 e. The van der Waals surface area contributed by atoms with Crippen LogP contribution >= 0.6 is 0 Å². The molecule has 0 aliphatic heterocycles. The highest BCUT2D eigenvalue weighted by Gasteiger charge is 2.22. The highest BCUT2D eigenvalue weighted by Crippen LogP contribution is 2.35. The van der Waals surface area contributed by atoms with Crippen LogP contribution in [0, 0.1) is 6.92 Å². The summed E-state index contributed by atoms with van der Waals surface area (Å²) in [5.41, 5.74) is 2.94. The van der Waals surface area contributed by atoms with Crippen LogP contribution in [0.4, 0.5) is 0 Å². The Labute approximate surface area is 158 Å². The molecule has 0 spiro atoms. The molecule has 0 radical (unpaired) electrons. The Morgan fingerprint density at radius 1 is 1.26 bits per heavy atom. The standard InChI is InChI=1S/C21H27NO5/c1-13(2)25-9-5-8-22-19(23)12-26-17-10-14(3)11-18-20(17)15-6-4-7-16(15)21(24)27-18/h10-11,13H,4-9,12H2,1-3H3,(H,22,23). The lowest BCUT2D eigenvalue weighted by molar-refractivity contribution is -0.123. The minimum absolute atomic E-state index is 0.0719. The Balaban J connectivity index is 1.67. The van der Waals surface area contributed by atoms with Gasteiger partial charge in [0.2, 0.25) is 0 Å². The molecule has 27 heavy (non-hydrogen) atoms. The molecular weight excluding hydrogens is 346 g/mol. The van der Waals surface area contributed by atoms with E-state index in [0.717, 1.165) is 47.8 Å². The Hall–Kier alpha value is -2.34. The van der Waals surface area contributed by atoms with Crippen molar-refractivity contribution in [2.75, 3.05) is 19.8 Å². The Kier molecular flexibility index (Phi) is 6.16. The molecule has 0 saturated heterocycles. The van der Waals surface area contributed by atoms with Gasteiger partial charge in [0, 0.05) is 18.7 Å². The first kappa shape index (κ1) is 19.4. The number of nitrogens with one attached hydrogen (secondary N) is 1. The van der Waals surface area contributed by atoms with E-state index in [1.165, 1.54) is 0 Å². The first-order chi connectivity index (χ1) is 13.0. The molecule has 0 unspecified atom stereocenters. The number of carbonyl (C=O) groups excluding carboxylic acids is 1. The fourth-order valence-electron chi connectivity index (χ4n) is 3.43. The van der Waals surface area contributed by atoms with Crippen LogP contribution in [0.5, 0.6) is 5.75 Å². The summed E-state index contributed by atoms with van der Waals surface area (Å²) in [6.45, 7) is 6.97. The van der Waals surface area contributed by atoms with E-state index in [4.69, 9.17) is 13.9 Å². The minimum atomic E-state index is -0.257. The average molecular weight is 373 g/mol. The summed E-state index contributed by atoms with van der Waals surface area (Å²) in [6.07, 6.45) is 3.46. The maximum absolute atomic E-state index is 12.1. The maximum atomic E-state index is 12.1. The van der Waals surface area contributed by atoms with Crippen LogP contribution in [0.3, 0.4) is 0 Å². The van der Waals surface area contributed by atoms with E-state index in [0.29, 0.717) is 24.5 Å². The number of rotatable bonds is 8. The molecular formula is C21H27NO5. The van der Waals surface area contributed by atoms with Gasteiger partial charge >= 0.3 is 5.63 Å². The average Bonchev–Trinajstić information content (AvgIpc) is 3.09. The van der Waals surface area contributed by atoms with E-state index < -0.39 is 0 Å². The number of aryl methyl sites for hydroxylation is 2. The molecule has 2 aromatic rings. The zero-order valence-electron chi connectivity index (χ0n) is 16.2. The fourth-order valence-corrected chi connectivity index (χ4v) is 3.43. The molecule has 0 bridgehead atoms. The summed E-state index contributed by atoms with van der Waals surface area (Å²) in [6, 6.07) is 3.74. The molecule has 146 valence electrons. The van der Waals surface area contributed by atoms with Gasteiger partial charge < -0.3 is 19.2 Å². The van der Waals surface area contributed by atoms with Gasteiger partial charge in [0.05, 0.1) is 11.5 Å². The molecule has 0 atom stereocenters. The molecule has 1 heterocycles. The van der Waals surface area contributed by atoms with Gasteiger partial charge in [-0.1, -0.05) is 0 Å². The van der Waals surface area contributed by atoms with Crippen LogP contribution in [-0.2, 0) is 22.4 Å². The van der Waals surface area contributed by atoms with Gasteiger partial charge in [-0.15, -0.1) is 0 Å². The van der Waals surface area contributed by atoms with Crippen molar-refractivity contribution in [2.24, 2.45) is 0 Å². The molecule has 6 nitrogen and oxygen atoms in total. The lowest BCUT2D eigenvalue weighted by Crippen LogP contribution is -2.30. The number of hydrogen-bond acceptors (Lipinski definition) is 5. The third kappa shape index (κ3) is 4.69. The predicted molar refractivity (Wildman–Crippen MR) is 103 cm³/mol. The number of amides is 1. The normalized spacial score (nSPS) is 13.2. The van der Waals surface area contributed by atoms with E-state index in [2.05, 4.69) is 5.32 Å². The number of ether oxygens (including phenoxy) is 2. The number of fused-ring (bicyclic) bond motifs is 3. The summed E-state index contributed by atoms with van der Waals surface area (Å²) in [5, 5.41) is 3.66. The van der Waals surface area contributed by atoms with E-state index in [1.807, 2.05) is 32.9 Å². The van der Waals surface area contributed by atoms with Gasteiger partial charge in [-0.2, -0.15) is 0 Å². The number of carbonyl (C=O) groups is 1. The second kappa shape index (κ2) is 8.57. The summed E-state index contributed by atoms with van der Waals surface area (Å²) in [5.74, 6) is 0.424. The van der Waals surface area contributed by atoms with Crippen molar-refractivity contribution >= 4 is 16.9 Å². The van der Waals surface area contributed by atoms with E-state index >= 15 is 0 Å². The van der Waals surface area contributed by atoms with Gasteiger partial charge in [0.1, 0.15) is 11.3 Å². The van der Waals surface area contributed by atoms with Crippen LogP contribution in [0.2, 0.25) is 0 Å². The smallest absolute Gasteiger partial charge is 0.339 e. The molecule has 1 aliphatic carbocycles. The molecule has 1 aromatic heterocycles. The third-order valence-corrected chi connectivity index (χ3v) is 4.63. The topological polar surface area (TPSA) is 77.8 Å². The molecule has 0 fully saturated rings. The van der Waals surface area contributed by atoms with E-state index in [9.17, 15) is 9.59 Å². The second-order valence-electron chi connectivity index (χ2n) is 7.25. The van der Waals surface area contributed by atoms with Gasteiger partial charge in [0.15, 0.2) is 6.61 Å². The van der Waals surface area contributed by atoms with Crippen molar-refractivity contribution in [3.8, 4) is 5.75 Å². The molecule has 1 aromatic carbocycles. The molecule has 0 saturated carbocycles. The van der Waals surface area contributed by atoms with Crippen LogP contribution in [-0.4, -0.2) is 31.8 Å². The lowest BCUT2D eigenvalue weighted by atomic mass is 10.0. The summed E-state index contributed by atoms with van der Waals surface area (Å²) >= 11 is 0. The van der Waals surface area contributed by atoms with Crippen molar-refractivity contribution in [3.05, 3.63) is 39.2 Å². The predicted octanol–water partition coefficient (Wildman–Crippen LogP) is 2.90. The zero-order chi connectivity index (χ0) is 19.4. The Bertz CT molecular complexity index is 884. The second-order valence-corrected chi connectivity index (χ2v) is 7.25. The molecule has 1 amide bonds.